The van der Waals surface area contributed by atoms with E-state index in [2.05, 4.69) is 19.7 Å². The Morgan fingerprint density at radius 2 is 2.00 bits per heavy atom. The predicted molar refractivity (Wildman–Crippen MR) is 98.1 cm³/mol. The third-order valence-electron chi connectivity index (χ3n) is 5.42. The molecule has 0 radical (unpaired) electrons. The number of methoxy groups -OCH3 is 1. The van der Waals surface area contributed by atoms with Crippen LogP contribution < -0.4 is 0 Å². The van der Waals surface area contributed by atoms with Crippen molar-refractivity contribution in [1.82, 2.24) is 19.7 Å². The summed E-state index contributed by atoms with van der Waals surface area (Å²) >= 11 is 5.94. The molecule has 0 saturated carbocycles. The number of halogens is 1. The quantitative estimate of drug-likeness (QED) is 0.805. The van der Waals surface area contributed by atoms with Crippen LogP contribution in [0.4, 0.5) is 0 Å². The van der Waals surface area contributed by atoms with Crippen molar-refractivity contribution >= 4 is 17.5 Å². The van der Waals surface area contributed by atoms with Crippen LogP contribution in [0.25, 0.3) is 0 Å². The van der Waals surface area contributed by atoms with Crippen LogP contribution in [0.2, 0.25) is 5.02 Å². The fourth-order valence-corrected chi connectivity index (χ4v) is 4.28. The van der Waals surface area contributed by atoms with Crippen molar-refractivity contribution in [3.8, 4) is 0 Å². The molecule has 2 bridgehead atoms. The maximum absolute atomic E-state index is 13.0. The van der Waals surface area contributed by atoms with Crippen molar-refractivity contribution in [1.29, 1.82) is 0 Å². The zero-order valence-corrected chi connectivity index (χ0v) is 15.7. The molecule has 1 fully saturated rings. The maximum atomic E-state index is 13.0. The van der Waals surface area contributed by atoms with Gasteiger partial charge in [0, 0.05) is 37.6 Å². The first-order valence-electron chi connectivity index (χ1n) is 9.11. The summed E-state index contributed by atoms with van der Waals surface area (Å²) in [4.78, 5) is 15.1. The van der Waals surface area contributed by atoms with E-state index in [0.717, 1.165) is 49.4 Å². The molecule has 3 heterocycles. The number of amides is 1. The first-order chi connectivity index (χ1) is 12.7. The van der Waals surface area contributed by atoms with E-state index in [1.807, 2.05) is 24.3 Å². The van der Waals surface area contributed by atoms with Crippen molar-refractivity contribution in [3.63, 3.8) is 0 Å². The fourth-order valence-electron chi connectivity index (χ4n) is 4.15. The maximum Gasteiger partial charge on any atom is 0.227 e. The summed E-state index contributed by atoms with van der Waals surface area (Å²) in [6, 6.07) is 7.98. The van der Waals surface area contributed by atoms with E-state index >= 15 is 0 Å². The van der Waals surface area contributed by atoms with E-state index in [-0.39, 0.29) is 18.0 Å². The predicted octanol–water partition coefficient (Wildman–Crippen LogP) is 2.28. The number of carbonyl (C=O) groups excluding carboxylic acids is 1. The summed E-state index contributed by atoms with van der Waals surface area (Å²) in [5.41, 5.74) is 1.00. The van der Waals surface area contributed by atoms with Gasteiger partial charge < -0.3 is 14.2 Å². The number of nitrogens with zero attached hydrogens (tertiary/aromatic N) is 4. The molecule has 1 amide bonds. The van der Waals surface area contributed by atoms with Crippen LogP contribution in [0.15, 0.2) is 24.3 Å². The van der Waals surface area contributed by atoms with Gasteiger partial charge in [-0.15, -0.1) is 10.2 Å². The van der Waals surface area contributed by atoms with E-state index in [0.29, 0.717) is 18.1 Å². The summed E-state index contributed by atoms with van der Waals surface area (Å²) in [7, 11) is 1.69. The van der Waals surface area contributed by atoms with Gasteiger partial charge in [-0.3, -0.25) is 4.79 Å². The van der Waals surface area contributed by atoms with Crippen molar-refractivity contribution in [2.24, 2.45) is 0 Å². The SMILES string of the molecule is COCCc1nnc2n1C[C@H]1CC[C@@H](C2)N1C(=O)Cc1ccc(Cl)cc1. The molecule has 1 saturated heterocycles. The Labute approximate surface area is 158 Å². The van der Waals surface area contributed by atoms with Gasteiger partial charge in [-0.25, -0.2) is 0 Å². The second-order valence-electron chi connectivity index (χ2n) is 7.08. The van der Waals surface area contributed by atoms with Gasteiger partial charge in [0.25, 0.3) is 0 Å². The fraction of sp³-hybridized carbons (Fsp3) is 0.526. The van der Waals surface area contributed by atoms with Gasteiger partial charge in [-0.05, 0) is 30.5 Å². The minimum Gasteiger partial charge on any atom is -0.384 e. The Kier molecular flexibility index (Phi) is 4.96. The van der Waals surface area contributed by atoms with E-state index in [1.165, 1.54) is 0 Å². The molecule has 2 atom stereocenters. The number of ether oxygens (including phenoxy) is 1. The average molecular weight is 375 g/mol. The second kappa shape index (κ2) is 7.37. The molecule has 0 spiro atoms. The van der Waals surface area contributed by atoms with Crippen LogP contribution in [0, 0.1) is 0 Å². The molecule has 0 aliphatic carbocycles. The minimum absolute atomic E-state index is 0.192. The highest BCUT2D eigenvalue weighted by atomic mass is 35.5. The highest BCUT2D eigenvalue weighted by Gasteiger charge is 2.40. The molecular formula is C19H23ClN4O2. The Hall–Kier alpha value is -1.92. The molecule has 0 unspecified atom stereocenters. The van der Waals surface area contributed by atoms with Crippen LogP contribution in [0.5, 0.6) is 0 Å². The first-order valence-corrected chi connectivity index (χ1v) is 9.49. The Bertz CT molecular complexity index is 789. The average Bonchev–Trinajstić information content (AvgIpc) is 3.14. The summed E-state index contributed by atoms with van der Waals surface area (Å²) in [5.74, 6) is 2.14. The van der Waals surface area contributed by atoms with E-state index in [9.17, 15) is 4.79 Å². The summed E-state index contributed by atoms with van der Waals surface area (Å²) in [5, 5.41) is 9.41. The first kappa shape index (κ1) is 17.5. The van der Waals surface area contributed by atoms with Crippen molar-refractivity contribution < 1.29 is 9.53 Å². The van der Waals surface area contributed by atoms with E-state index in [4.69, 9.17) is 16.3 Å². The van der Waals surface area contributed by atoms with Gasteiger partial charge in [0.15, 0.2) is 0 Å². The number of hydrogen-bond acceptors (Lipinski definition) is 4. The zero-order valence-electron chi connectivity index (χ0n) is 14.9. The number of rotatable bonds is 5. The van der Waals surface area contributed by atoms with Gasteiger partial charge in [0.1, 0.15) is 11.6 Å². The Morgan fingerprint density at radius 3 is 2.77 bits per heavy atom. The molecule has 7 heteroatoms. The monoisotopic (exact) mass is 374 g/mol. The second-order valence-corrected chi connectivity index (χ2v) is 7.52. The largest absolute Gasteiger partial charge is 0.384 e. The van der Waals surface area contributed by atoms with Crippen molar-refractivity contribution in [2.75, 3.05) is 13.7 Å². The molecule has 6 nitrogen and oxygen atoms in total. The molecular weight excluding hydrogens is 352 g/mol. The van der Waals surface area contributed by atoms with Crippen LogP contribution in [-0.4, -0.2) is 51.4 Å². The Morgan fingerprint density at radius 1 is 1.23 bits per heavy atom. The smallest absolute Gasteiger partial charge is 0.227 e. The van der Waals surface area contributed by atoms with Gasteiger partial charge >= 0.3 is 0 Å². The third-order valence-corrected chi connectivity index (χ3v) is 5.67. The van der Waals surface area contributed by atoms with E-state index < -0.39 is 0 Å². The topological polar surface area (TPSA) is 60.3 Å². The lowest BCUT2D eigenvalue weighted by molar-refractivity contribution is -0.133. The number of fused-ring (bicyclic) bond motifs is 3. The van der Waals surface area contributed by atoms with Crippen LogP contribution in [-0.2, 0) is 35.3 Å². The number of hydrogen-bond donors (Lipinski definition) is 0. The molecule has 138 valence electrons. The summed E-state index contributed by atoms with van der Waals surface area (Å²) < 4.78 is 7.38. The van der Waals surface area contributed by atoms with Crippen LogP contribution in [0.1, 0.15) is 30.1 Å². The van der Waals surface area contributed by atoms with Gasteiger partial charge in [0.05, 0.1) is 19.1 Å². The van der Waals surface area contributed by atoms with Crippen LogP contribution in [0.3, 0.4) is 0 Å². The molecule has 2 aliphatic heterocycles. The van der Waals surface area contributed by atoms with Crippen molar-refractivity contribution in [3.05, 3.63) is 46.5 Å². The summed E-state index contributed by atoms with van der Waals surface area (Å²) in [6.45, 7) is 1.41. The molecule has 4 rings (SSSR count). The minimum atomic E-state index is 0.192. The lowest BCUT2D eigenvalue weighted by atomic mass is 10.1. The van der Waals surface area contributed by atoms with Gasteiger partial charge in [0.2, 0.25) is 5.91 Å². The molecule has 2 aromatic rings. The number of benzene rings is 1. The standard InChI is InChI=1S/C19H23ClN4O2/c1-26-9-8-17-21-22-18-11-15-6-7-16(12-23(17)18)24(15)19(25)10-13-2-4-14(20)5-3-13/h2-5,15-16H,6-12H2,1H3/t15-,16+/m0/s1. The number of carbonyl (C=O) groups is 1. The van der Waals surface area contributed by atoms with Crippen LogP contribution >= 0.6 is 11.6 Å². The zero-order chi connectivity index (χ0) is 18.1. The van der Waals surface area contributed by atoms with Gasteiger partial charge in [-0.2, -0.15) is 0 Å². The Balaban J connectivity index is 1.51. The van der Waals surface area contributed by atoms with Crippen molar-refractivity contribution in [2.45, 2.75) is 50.7 Å². The third kappa shape index (κ3) is 3.35. The molecule has 1 aromatic heterocycles. The molecule has 2 aliphatic rings. The molecule has 0 N–H and O–H groups in total. The lowest BCUT2D eigenvalue weighted by Crippen LogP contribution is -2.43. The number of aromatic nitrogens is 3. The highest BCUT2D eigenvalue weighted by Crippen LogP contribution is 2.32. The molecule has 26 heavy (non-hydrogen) atoms. The normalized spacial score (nSPS) is 21.5. The van der Waals surface area contributed by atoms with Gasteiger partial charge in [-0.1, -0.05) is 23.7 Å². The molecule has 1 aromatic carbocycles. The van der Waals surface area contributed by atoms with E-state index in [1.54, 1.807) is 7.11 Å². The highest BCUT2D eigenvalue weighted by molar-refractivity contribution is 6.30. The summed E-state index contributed by atoms with van der Waals surface area (Å²) in [6.07, 6.45) is 4.03. The lowest BCUT2D eigenvalue weighted by Gasteiger charge is -2.28.